The molecule has 84 valence electrons. The maximum absolute atomic E-state index is 5.86. The maximum atomic E-state index is 5.86. The summed E-state index contributed by atoms with van der Waals surface area (Å²) in [6, 6.07) is 7.95. The minimum atomic E-state index is 0.144. The van der Waals surface area contributed by atoms with Gasteiger partial charge in [0.1, 0.15) is 11.9 Å². The van der Waals surface area contributed by atoms with Gasteiger partial charge in [0.05, 0.1) is 0 Å². The average Bonchev–Trinajstić information content (AvgIpc) is 2.15. The van der Waals surface area contributed by atoms with Crippen LogP contribution in [0.15, 0.2) is 24.3 Å². The summed E-state index contributed by atoms with van der Waals surface area (Å²) in [5.41, 5.74) is 0. The first kappa shape index (κ1) is 12.3. The van der Waals surface area contributed by atoms with Gasteiger partial charge in [-0.15, -0.1) is 0 Å². The summed E-state index contributed by atoms with van der Waals surface area (Å²) >= 11 is 5.86. The molecular formula is C12H18ClNO. The van der Waals surface area contributed by atoms with Crippen molar-refractivity contribution in [3.8, 4) is 5.75 Å². The Kier molecular flexibility index (Phi) is 4.92. The molecule has 0 saturated heterocycles. The van der Waals surface area contributed by atoms with E-state index in [0.717, 1.165) is 12.3 Å². The highest BCUT2D eigenvalue weighted by Gasteiger charge is 2.04. The van der Waals surface area contributed by atoms with Crippen molar-refractivity contribution in [2.24, 2.45) is 0 Å². The molecule has 1 aromatic carbocycles. The summed E-state index contributed by atoms with van der Waals surface area (Å²) in [5.74, 6) is 0.820. The molecule has 2 nitrogen and oxygen atoms in total. The normalized spacial score (nSPS) is 12.9. The van der Waals surface area contributed by atoms with Crippen molar-refractivity contribution < 1.29 is 4.74 Å². The standard InChI is InChI=1S/C12H18ClNO/c1-9(2)14-8-10(3)15-12-6-4-5-11(13)7-12/h4-7,9-10,14H,8H2,1-3H3/t10-/m0/s1. The first-order chi connectivity index (χ1) is 7.08. The van der Waals surface area contributed by atoms with E-state index in [1.54, 1.807) is 0 Å². The smallest absolute Gasteiger partial charge is 0.121 e. The van der Waals surface area contributed by atoms with Gasteiger partial charge >= 0.3 is 0 Å². The van der Waals surface area contributed by atoms with Gasteiger partial charge in [-0.2, -0.15) is 0 Å². The van der Waals surface area contributed by atoms with Gasteiger partial charge in [-0.1, -0.05) is 31.5 Å². The Morgan fingerprint density at radius 3 is 2.67 bits per heavy atom. The van der Waals surface area contributed by atoms with E-state index in [4.69, 9.17) is 16.3 Å². The third kappa shape index (κ3) is 5.05. The van der Waals surface area contributed by atoms with Crippen molar-refractivity contribution in [2.45, 2.75) is 32.9 Å². The maximum Gasteiger partial charge on any atom is 0.121 e. The first-order valence-corrected chi connectivity index (χ1v) is 5.61. The van der Waals surface area contributed by atoms with Crippen LogP contribution in [0.4, 0.5) is 0 Å². The predicted octanol–water partition coefficient (Wildman–Crippen LogP) is 3.11. The summed E-state index contributed by atoms with van der Waals surface area (Å²) in [7, 11) is 0. The van der Waals surface area contributed by atoms with Crippen LogP contribution in [0.25, 0.3) is 0 Å². The third-order valence-electron chi connectivity index (χ3n) is 1.95. The first-order valence-electron chi connectivity index (χ1n) is 5.23. The van der Waals surface area contributed by atoms with Crippen LogP contribution in [0.1, 0.15) is 20.8 Å². The Bertz CT molecular complexity index is 301. The van der Waals surface area contributed by atoms with E-state index in [-0.39, 0.29) is 6.10 Å². The van der Waals surface area contributed by atoms with E-state index < -0.39 is 0 Å². The van der Waals surface area contributed by atoms with Gasteiger partial charge in [0.2, 0.25) is 0 Å². The number of rotatable bonds is 5. The Balaban J connectivity index is 2.40. The molecule has 0 aliphatic carbocycles. The van der Waals surface area contributed by atoms with Crippen molar-refractivity contribution in [2.75, 3.05) is 6.54 Å². The number of halogens is 1. The fraction of sp³-hybridized carbons (Fsp3) is 0.500. The molecule has 1 N–H and O–H groups in total. The molecule has 0 aromatic heterocycles. The number of hydrogen-bond donors (Lipinski definition) is 1. The molecule has 0 aliphatic heterocycles. The van der Waals surface area contributed by atoms with Crippen molar-refractivity contribution in [3.05, 3.63) is 29.3 Å². The van der Waals surface area contributed by atoms with Gasteiger partial charge in [0.15, 0.2) is 0 Å². The molecule has 0 amide bonds. The molecule has 15 heavy (non-hydrogen) atoms. The second kappa shape index (κ2) is 5.99. The summed E-state index contributed by atoms with van der Waals surface area (Å²) < 4.78 is 5.70. The minimum Gasteiger partial charge on any atom is -0.489 e. The summed E-state index contributed by atoms with van der Waals surface area (Å²) in [6.07, 6.45) is 0.144. The molecule has 0 radical (unpaired) electrons. The summed E-state index contributed by atoms with van der Waals surface area (Å²) in [4.78, 5) is 0. The highest BCUT2D eigenvalue weighted by Crippen LogP contribution is 2.18. The van der Waals surface area contributed by atoms with E-state index in [1.807, 2.05) is 31.2 Å². The zero-order chi connectivity index (χ0) is 11.3. The monoisotopic (exact) mass is 227 g/mol. The van der Waals surface area contributed by atoms with Crippen molar-refractivity contribution in [1.82, 2.24) is 5.32 Å². The summed E-state index contributed by atoms with van der Waals surface area (Å²) in [6.45, 7) is 7.11. The van der Waals surface area contributed by atoms with Crippen LogP contribution < -0.4 is 10.1 Å². The second-order valence-corrected chi connectivity index (χ2v) is 4.39. The van der Waals surface area contributed by atoms with Crippen LogP contribution in [0.3, 0.4) is 0 Å². The number of hydrogen-bond acceptors (Lipinski definition) is 2. The lowest BCUT2D eigenvalue weighted by atomic mass is 10.3. The number of ether oxygens (including phenoxy) is 1. The lowest BCUT2D eigenvalue weighted by molar-refractivity contribution is 0.213. The van der Waals surface area contributed by atoms with Crippen molar-refractivity contribution >= 4 is 11.6 Å². The van der Waals surface area contributed by atoms with Crippen LogP contribution >= 0.6 is 11.6 Å². The molecule has 0 bridgehead atoms. The average molecular weight is 228 g/mol. The van der Waals surface area contributed by atoms with E-state index in [9.17, 15) is 0 Å². The molecule has 3 heteroatoms. The topological polar surface area (TPSA) is 21.3 Å². The Morgan fingerprint density at radius 2 is 2.07 bits per heavy atom. The van der Waals surface area contributed by atoms with E-state index in [2.05, 4.69) is 19.2 Å². The van der Waals surface area contributed by atoms with Crippen LogP contribution in [-0.2, 0) is 0 Å². The lowest BCUT2D eigenvalue weighted by Gasteiger charge is -2.17. The SMILES string of the molecule is CC(C)NC[C@H](C)Oc1cccc(Cl)c1. The van der Waals surface area contributed by atoms with Gasteiger partial charge in [-0.25, -0.2) is 0 Å². The zero-order valence-corrected chi connectivity index (χ0v) is 10.2. The Hall–Kier alpha value is -0.730. The molecule has 1 atom stereocenters. The van der Waals surface area contributed by atoms with Gasteiger partial charge in [0, 0.05) is 17.6 Å². The molecule has 0 unspecified atom stereocenters. The van der Waals surface area contributed by atoms with Gasteiger partial charge < -0.3 is 10.1 Å². The molecule has 1 aromatic rings. The molecule has 0 heterocycles. The largest absolute Gasteiger partial charge is 0.489 e. The number of benzene rings is 1. The molecule has 0 aliphatic rings. The van der Waals surface area contributed by atoms with Crippen molar-refractivity contribution in [3.63, 3.8) is 0 Å². The van der Waals surface area contributed by atoms with Gasteiger partial charge in [-0.05, 0) is 25.1 Å². The van der Waals surface area contributed by atoms with Crippen LogP contribution in [0, 0.1) is 0 Å². The molecular weight excluding hydrogens is 210 g/mol. The minimum absolute atomic E-state index is 0.144. The second-order valence-electron chi connectivity index (χ2n) is 3.95. The molecule has 0 spiro atoms. The fourth-order valence-corrected chi connectivity index (χ4v) is 1.40. The quantitative estimate of drug-likeness (QED) is 0.835. The molecule has 0 fully saturated rings. The van der Waals surface area contributed by atoms with Crippen LogP contribution in [0.5, 0.6) is 5.75 Å². The molecule has 1 rings (SSSR count). The number of nitrogens with one attached hydrogen (secondary N) is 1. The Labute approximate surface area is 96.6 Å². The fourth-order valence-electron chi connectivity index (χ4n) is 1.22. The predicted molar refractivity (Wildman–Crippen MR) is 64.7 cm³/mol. The van der Waals surface area contributed by atoms with E-state index in [0.29, 0.717) is 11.1 Å². The van der Waals surface area contributed by atoms with Crippen LogP contribution in [0.2, 0.25) is 5.02 Å². The van der Waals surface area contributed by atoms with Crippen molar-refractivity contribution in [1.29, 1.82) is 0 Å². The molecule has 0 saturated carbocycles. The van der Waals surface area contributed by atoms with Gasteiger partial charge in [-0.3, -0.25) is 0 Å². The lowest BCUT2D eigenvalue weighted by Crippen LogP contribution is -2.33. The summed E-state index contributed by atoms with van der Waals surface area (Å²) in [5, 5.41) is 4.03. The third-order valence-corrected chi connectivity index (χ3v) is 2.18. The van der Waals surface area contributed by atoms with Gasteiger partial charge in [0.25, 0.3) is 0 Å². The van der Waals surface area contributed by atoms with Crippen LogP contribution in [-0.4, -0.2) is 18.7 Å². The highest BCUT2D eigenvalue weighted by molar-refractivity contribution is 6.30. The van der Waals surface area contributed by atoms with E-state index in [1.165, 1.54) is 0 Å². The van der Waals surface area contributed by atoms with E-state index >= 15 is 0 Å². The highest BCUT2D eigenvalue weighted by atomic mass is 35.5. The zero-order valence-electron chi connectivity index (χ0n) is 9.46. The Morgan fingerprint density at radius 1 is 1.33 bits per heavy atom.